The number of rotatable bonds is 4. The molecule has 14 heteroatoms. The van der Waals surface area contributed by atoms with Crippen molar-refractivity contribution in [3.05, 3.63) is 45.7 Å². The lowest BCUT2D eigenvalue weighted by Crippen LogP contribution is -2.31. The Morgan fingerprint density at radius 1 is 0.966 bits per heavy atom. The van der Waals surface area contributed by atoms with E-state index in [1.807, 2.05) is 0 Å². The van der Waals surface area contributed by atoms with Crippen LogP contribution in [0.2, 0.25) is 0 Å². The van der Waals surface area contributed by atoms with Crippen LogP contribution in [0.1, 0.15) is 17.5 Å². The van der Waals surface area contributed by atoms with Crippen molar-refractivity contribution < 1.29 is 43.7 Å². The Balaban J connectivity index is 2.06. The number of fused-ring (bicyclic) bond motifs is 1. The number of hydrogen-bond acceptors (Lipinski definition) is 6. The molecule has 158 valence electrons. The zero-order valence-corrected chi connectivity index (χ0v) is 14.9. The van der Waals surface area contributed by atoms with Crippen molar-refractivity contribution in [3.8, 4) is 17.3 Å². The lowest BCUT2D eigenvalue weighted by molar-refractivity contribution is -0.274. The predicted octanol–water partition coefficient (Wildman–Crippen LogP) is 2.85. The second kappa shape index (κ2) is 6.93. The van der Waals surface area contributed by atoms with Crippen LogP contribution in [0.15, 0.2) is 29.1 Å². The largest absolute Gasteiger partial charge is 0.573 e. The van der Waals surface area contributed by atoms with Gasteiger partial charge in [-0.25, -0.2) is 0 Å². The number of ether oxygens (including phenoxy) is 1. The van der Waals surface area contributed by atoms with Crippen LogP contribution in [-0.4, -0.2) is 30.1 Å². The maximum Gasteiger partial charge on any atom is 0.573 e. The minimum absolute atomic E-state index is 0.0167. The van der Waals surface area contributed by atoms with E-state index >= 15 is 0 Å². The molecular formula is C15H10F6N2O5S. The second-order valence-corrected chi connectivity index (χ2v) is 7.40. The van der Waals surface area contributed by atoms with Gasteiger partial charge in [0, 0.05) is 11.1 Å². The standard InChI is InChI=1S/C15H10F6N2O5S/c16-14(17,18)27-9-6-4-8(5-7-9)23-13(24)11-3-1-2-10(11)12(22-23)28-29(25,26)15(19,20)21/h4-7H,1-3H2. The van der Waals surface area contributed by atoms with E-state index in [9.17, 15) is 39.6 Å². The number of halogens is 6. The van der Waals surface area contributed by atoms with Gasteiger partial charge in [-0.2, -0.15) is 26.3 Å². The minimum Gasteiger partial charge on any atom is -0.406 e. The fraction of sp³-hybridized carbons (Fsp3) is 0.333. The summed E-state index contributed by atoms with van der Waals surface area (Å²) in [7, 11) is -6.03. The first kappa shape index (κ1) is 21.0. The summed E-state index contributed by atoms with van der Waals surface area (Å²) in [6.45, 7) is 0. The zero-order valence-electron chi connectivity index (χ0n) is 14.0. The molecule has 0 atom stereocenters. The molecular weight excluding hydrogens is 434 g/mol. The van der Waals surface area contributed by atoms with E-state index in [1.54, 1.807) is 0 Å². The highest BCUT2D eigenvalue weighted by atomic mass is 32.2. The number of alkyl halides is 6. The maximum atomic E-state index is 12.6. The van der Waals surface area contributed by atoms with E-state index in [4.69, 9.17) is 0 Å². The van der Waals surface area contributed by atoms with E-state index in [-0.39, 0.29) is 29.7 Å². The van der Waals surface area contributed by atoms with Crippen molar-refractivity contribution in [2.24, 2.45) is 0 Å². The Bertz CT molecular complexity index is 1090. The highest BCUT2D eigenvalue weighted by Gasteiger charge is 2.49. The van der Waals surface area contributed by atoms with Crippen molar-refractivity contribution in [2.75, 3.05) is 0 Å². The third-order valence-electron chi connectivity index (χ3n) is 3.90. The summed E-state index contributed by atoms with van der Waals surface area (Å²) in [6, 6.07) is 3.71. The third-order valence-corrected chi connectivity index (χ3v) is 4.85. The smallest absolute Gasteiger partial charge is 0.406 e. The normalized spacial score (nSPS) is 14.6. The number of hydrogen-bond donors (Lipinski definition) is 0. The molecule has 29 heavy (non-hydrogen) atoms. The molecule has 0 bridgehead atoms. The van der Waals surface area contributed by atoms with Gasteiger partial charge in [0.05, 0.1) is 5.69 Å². The van der Waals surface area contributed by atoms with Crippen LogP contribution in [0, 0.1) is 0 Å². The molecule has 2 aromatic rings. The Hall–Kier alpha value is -2.77. The fourth-order valence-corrected chi connectivity index (χ4v) is 3.16. The third kappa shape index (κ3) is 4.31. The molecule has 1 aliphatic carbocycles. The van der Waals surface area contributed by atoms with E-state index in [0.717, 1.165) is 24.3 Å². The zero-order chi connectivity index (χ0) is 21.6. The van der Waals surface area contributed by atoms with Crippen molar-refractivity contribution >= 4 is 10.1 Å². The topological polar surface area (TPSA) is 87.5 Å². The molecule has 0 saturated heterocycles. The van der Waals surface area contributed by atoms with Crippen LogP contribution in [0.25, 0.3) is 5.69 Å². The molecule has 0 radical (unpaired) electrons. The second-order valence-electron chi connectivity index (χ2n) is 5.86. The molecule has 1 aromatic heterocycles. The Morgan fingerprint density at radius 3 is 2.10 bits per heavy atom. The molecule has 1 heterocycles. The van der Waals surface area contributed by atoms with Crippen molar-refractivity contribution in [3.63, 3.8) is 0 Å². The van der Waals surface area contributed by atoms with Gasteiger partial charge in [0.15, 0.2) is 0 Å². The van der Waals surface area contributed by atoms with Gasteiger partial charge < -0.3 is 8.92 Å². The average molecular weight is 444 g/mol. The van der Waals surface area contributed by atoms with Crippen LogP contribution in [0.3, 0.4) is 0 Å². The highest BCUT2D eigenvalue weighted by Crippen LogP contribution is 2.32. The van der Waals surface area contributed by atoms with Crippen molar-refractivity contribution in [1.82, 2.24) is 9.78 Å². The number of benzene rings is 1. The highest BCUT2D eigenvalue weighted by molar-refractivity contribution is 7.87. The molecule has 7 nitrogen and oxygen atoms in total. The first-order valence-corrected chi connectivity index (χ1v) is 9.21. The van der Waals surface area contributed by atoms with E-state index in [1.165, 1.54) is 0 Å². The molecule has 0 aliphatic heterocycles. The van der Waals surface area contributed by atoms with Gasteiger partial charge in [0.1, 0.15) is 5.75 Å². The van der Waals surface area contributed by atoms with Gasteiger partial charge in [-0.3, -0.25) is 4.79 Å². The summed E-state index contributed by atoms with van der Waals surface area (Å²) in [5.74, 6) is -1.52. The Morgan fingerprint density at radius 2 is 1.55 bits per heavy atom. The van der Waals surface area contributed by atoms with Crippen LogP contribution in [0.4, 0.5) is 26.3 Å². The molecule has 0 spiro atoms. The Kier molecular flexibility index (Phi) is 5.01. The van der Waals surface area contributed by atoms with Gasteiger partial charge in [0.2, 0.25) is 0 Å². The fourth-order valence-electron chi connectivity index (χ4n) is 2.72. The van der Waals surface area contributed by atoms with E-state index < -0.39 is 39.2 Å². The Labute approximate surface area is 158 Å². The SMILES string of the molecule is O=c1c2c(c(OS(=O)(=O)C(F)(F)F)nn1-c1ccc(OC(F)(F)F)cc1)CCC2. The van der Waals surface area contributed by atoms with Crippen molar-refractivity contribution in [2.45, 2.75) is 31.1 Å². The van der Waals surface area contributed by atoms with Gasteiger partial charge in [-0.15, -0.1) is 18.3 Å². The van der Waals surface area contributed by atoms with Crippen LogP contribution in [-0.2, 0) is 23.0 Å². The molecule has 0 N–H and O–H groups in total. The predicted molar refractivity (Wildman–Crippen MR) is 84.1 cm³/mol. The average Bonchev–Trinajstić information content (AvgIpc) is 3.06. The number of aromatic nitrogens is 2. The summed E-state index contributed by atoms with van der Waals surface area (Å²) in [4.78, 5) is 12.6. The molecule has 3 rings (SSSR count). The summed E-state index contributed by atoms with van der Waals surface area (Å²) in [5, 5.41) is 3.56. The van der Waals surface area contributed by atoms with Gasteiger partial charge >= 0.3 is 22.0 Å². The summed E-state index contributed by atoms with van der Waals surface area (Å²) < 4.78 is 106. The molecule has 1 aliphatic rings. The van der Waals surface area contributed by atoms with Gasteiger partial charge in [0.25, 0.3) is 11.4 Å². The monoisotopic (exact) mass is 444 g/mol. The number of nitrogens with zero attached hydrogens (tertiary/aromatic N) is 2. The maximum absolute atomic E-state index is 12.6. The first-order valence-electron chi connectivity index (χ1n) is 7.80. The van der Waals surface area contributed by atoms with E-state index in [0.29, 0.717) is 11.1 Å². The molecule has 0 saturated carbocycles. The molecule has 0 fully saturated rings. The van der Waals surface area contributed by atoms with Crippen molar-refractivity contribution in [1.29, 1.82) is 0 Å². The molecule has 1 aromatic carbocycles. The van der Waals surface area contributed by atoms with Crippen LogP contribution in [0.5, 0.6) is 11.6 Å². The molecule has 0 amide bonds. The summed E-state index contributed by atoms with van der Waals surface area (Å²) in [5.41, 5.74) is -6.64. The molecule has 0 unspecified atom stereocenters. The lowest BCUT2D eigenvalue weighted by Gasteiger charge is -2.14. The van der Waals surface area contributed by atoms with Gasteiger partial charge in [-0.1, -0.05) is 0 Å². The lowest BCUT2D eigenvalue weighted by atomic mass is 10.2. The summed E-state index contributed by atoms with van der Waals surface area (Å²) in [6.07, 6.45) is -4.36. The summed E-state index contributed by atoms with van der Waals surface area (Å²) >= 11 is 0. The van der Waals surface area contributed by atoms with Crippen LogP contribution < -0.4 is 14.5 Å². The van der Waals surface area contributed by atoms with Crippen LogP contribution >= 0.6 is 0 Å². The van der Waals surface area contributed by atoms with E-state index in [2.05, 4.69) is 14.0 Å². The quantitative estimate of drug-likeness (QED) is 0.410. The minimum atomic E-state index is -6.03. The first-order chi connectivity index (χ1) is 13.3. The van der Waals surface area contributed by atoms with Gasteiger partial charge in [-0.05, 0) is 43.5 Å².